The maximum absolute atomic E-state index is 12.7. The summed E-state index contributed by atoms with van der Waals surface area (Å²) in [5.74, 6) is -0.263. The Labute approximate surface area is 147 Å². The molecule has 2 amide bonds. The quantitative estimate of drug-likeness (QED) is 0.674. The number of imide groups is 1. The molecule has 0 radical (unpaired) electrons. The number of halogens is 1. The zero-order valence-corrected chi connectivity index (χ0v) is 14.9. The second-order valence-corrected chi connectivity index (χ2v) is 6.96. The van der Waals surface area contributed by atoms with Crippen LogP contribution in [0, 0.1) is 0 Å². The van der Waals surface area contributed by atoms with E-state index in [1.807, 2.05) is 55.5 Å². The molecule has 0 unspecified atom stereocenters. The summed E-state index contributed by atoms with van der Waals surface area (Å²) in [6.45, 7) is 2.01. The van der Waals surface area contributed by atoms with Crippen LogP contribution in [-0.4, -0.2) is 11.1 Å². The van der Waals surface area contributed by atoms with Crippen LogP contribution in [0.15, 0.2) is 57.9 Å². The van der Waals surface area contributed by atoms with Crippen LogP contribution in [0.2, 0.25) is 0 Å². The van der Waals surface area contributed by atoms with E-state index >= 15 is 0 Å². The van der Waals surface area contributed by atoms with Gasteiger partial charge in [-0.15, -0.1) is 0 Å². The molecule has 1 heterocycles. The molecule has 3 nitrogen and oxygen atoms in total. The fourth-order valence-electron chi connectivity index (χ4n) is 2.45. The van der Waals surface area contributed by atoms with Crippen LogP contribution in [0.4, 0.5) is 10.5 Å². The lowest BCUT2D eigenvalue weighted by Crippen LogP contribution is -2.28. The number of nitrogens with zero attached hydrogens (tertiary/aromatic N) is 1. The smallest absolute Gasteiger partial charge is 0.268 e. The van der Waals surface area contributed by atoms with Crippen molar-refractivity contribution in [1.82, 2.24) is 0 Å². The number of amides is 2. The van der Waals surface area contributed by atoms with Gasteiger partial charge in [0.05, 0.1) is 10.6 Å². The van der Waals surface area contributed by atoms with Crippen LogP contribution in [0.3, 0.4) is 0 Å². The number of hydrogen-bond donors (Lipinski definition) is 0. The average Bonchev–Trinajstić information content (AvgIpc) is 2.81. The summed E-state index contributed by atoms with van der Waals surface area (Å²) in [6, 6.07) is 15.1. The van der Waals surface area contributed by atoms with E-state index in [1.165, 1.54) is 4.90 Å². The molecule has 23 heavy (non-hydrogen) atoms. The molecule has 1 aliphatic heterocycles. The number of carbonyl (C=O) groups excluding carboxylic acids is 2. The SMILES string of the molecule is CCc1ccccc1N1C(=O)S/C(=C\c2cccc(Br)c2)C1=O. The zero-order valence-electron chi connectivity index (χ0n) is 12.5. The van der Waals surface area contributed by atoms with Crippen molar-refractivity contribution in [2.45, 2.75) is 13.3 Å². The first-order chi connectivity index (χ1) is 11.1. The molecule has 1 fully saturated rings. The van der Waals surface area contributed by atoms with Gasteiger partial charge in [-0.05, 0) is 53.6 Å². The fourth-order valence-corrected chi connectivity index (χ4v) is 3.70. The molecule has 0 aromatic heterocycles. The van der Waals surface area contributed by atoms with E-state index in [4.69, 9.17) is 0 Å². The predicted molar refractivity (Wildman–Crippen MR) is 98.4 cm³/mol. The summed E-state index contributed by atoms with van der Waals surface area (Å²) in [6.07, 6.45) is 2.52. The van der Waals surface area contributed by atoms with Crippen molar-refractivity contribution in [3.63, 3.8) is 0 Å². The number of anilines is 1. The van der Waals surface area contributed by atoms with Gasteiger partial charge in [-0.2, -0.15) is 0 Å². The molecule has 2 aromatic rings. The third kappa shape index (κ3) is 3.26. The Kier molecular flexibility index (Phi) is 4.68. The molecule has 2 aromatic carbocycles. The Hall–Kier alpha value is -1.85. The van der Waals surface area contributed by atoms with Crippen LogP contribution in [0.5, 0.6) is 0 Å². The van der Waals surface area contributed by atoms with Crippen LogP contribution in [-0.2, 0) is 11.2 Å². The molecule has 0 N–H and O–H groups in total. The minimum atomic E-state index is -0.263. The molecular formula is C18H14BrNO2S. The van der Waals surface area contributed by atoms with Gasteiger partial charge in [-0.1, -0.05) is 53.2 Å². The highest BCUT2D eigenvalue weighted by molar-refractivity contribution is 9.10. The van der Waals surface area contributed by atoms with Gasteiger partial charge in [0.1, 0.15) is 0 Å². The average molecular weight is 388 g/mol. The highest BCUT2D eigenvalue weighted by atomic mass is 79.9. The number of rotatable bonds is 3. The number of carbonyl (C=O) groups is 2. The van der Waals surface area contributed by atoms with E-state index in [9.17, 15) is 9.59 Å². The highest BCUT2D eigenvalue weighted by Gasteiger charge is 2.37. The Bertz CT molecular complexity index is 816. The zero-order chi connectivity index (χ0) is 16.4. The summed E-state index contributed by atoms with van der Waals surface area (Å²) in [5, 5.41) is -0.253. The molecule has 3 rings (SSSR count). The van der Waals surface area contributed by atoms with E-state index in [-0.39, 0.29) is 11.1 Å². The van der Waals surface area contributed by atoms with Gasteiger partial charge in [0.25, 0.3) is 11.1 Å². The van der Waals surface area contributed by atoms with Crippen LogP contribution < -0.4 is 4.90 Å². The Morgan fingerprint density at radius 2 is 1.91 bits per heavy atom. The number of thioether (sulfide) groups is 1. The van der Waals surface area contributed by atoms with Crippen molar-refractivity contribution in [2.24, 2.45) is 0 Å². The number of hydrogen-bond acceptors (Lipinski definition) is 3. The molecule has 0 saturated carbocycles. The van der Waals surface area contributed by atoms with Crippen molar-refractivity contribution in [3.05, 3.63) is 69.0 Å². The van der Waals surface area contributed by atoms with Crippen molar-refractivity contribution in [2.75, 3.05) is 4.90 Å². The molecule has 0 aliphatic carbocycles. The molecule has 116 valence electrons. The van der Waals surface area contributed by atoms with Gasteiger partial charge in [-0.3, -0.25) is 9.59 Å². The Balaban J connectivity index is 1.97. The third-order valence-corrected chi connectivity index (χ3v) is 4.92. The van der Waals surface area contributed by atoms with Crippen molar-refractivity contribution < 1.29 is 9.59 Å². The van der Waals surface area contributed by atoms with Crippen LogP contribution >= 0.6 is 27.7 Å². The molecule has 0 bridgehead atoms. The summed E-state index contributed by atoms with van der Waals surface area (Å²) in [4.78, 5) is 26.7. The van der Waals surface area contributed by atoms with E-state index in [2.05, 4.69) is 15.9 Å². The number of benzene rings is 2. The molecular weight excluding hydrogens is 374 g/mol. The lowest BCUT2D eigenvalue weighted by Gasteiger charge is -2.16. The highest BCUT2D eigenvalue weighted by Crippen LogP contribution is 2.37. The largest absolute Gasteiger partial charge is 0.298 e. The van der Waals surface area contributed by atoms with Crippen molar-refractivity contribution in [1.29, 1.82) is 0 Å². The summed E-state index contributed by atoms with van der Waals surface area (Å²) < 4.78 is 0.932. The first-order valence-corrected chi connectivity index (χ1v) is 8.82. The van der Waals surface area contributed by atoms with Gasteiger partial charge in [-0.25, -0.2) is 4.90 Å². The topological polar surface area (TPSA) is 37.4 Å². The van der Waals surface area contributed by atoms with E-state index in [0.717, 1.165) is 33.8 Å². The summed E-state index contributed by atoms with van der Waals surface area (Å²) in [5.41, 5.74) is 2.54. The van der Waals surface area contributed by atoms with Gasteiger partial charge in [0, 0.05) is 4.47 Å². The fraction of sp³-hybridized carbons (Fsp3) is 0.111. The second-order valence-electron chi connectivity index (χ2n) is 5.05. The van der Waals surface area contributed by atoms with E-state index < -0.39 is 0 Å². The van der Waals surface area contributed by atoms with Gasteiger partial charge < -0.3 is 0 Å². The number of aryl methyl sites for hydroxylation is 1. The molecule has 0 atom stereocenters. The van der Waals surface area contributed by atoms with Crippen molar-refractivity contribution >= 4 is 50.6 Å². The minimum Gasteiger partial charge on any atom is -0.268 e. The standard InChI is InChI=1S/C18H14BrNO2S/c1-2-13-7-3-4-9-15(13)20-17(21)16(23-18(20)22)11-12-6-5-8-14(19)10-12/h3-11H,2H2,1H3/b16-11-. The van der Waals surface area contributed by atoms with E-state index in [0.29, 0.717) is 10.6 Å². The maximum atomic E-state index is 12.7. The lowest BCUT2D eigenvalue weighted by atomic mass is 10.1. The third-order valence-electron chi connectivity index (χ3n) is 3.55. The minimum absolute atomic E-state index is 0.253. The first-order valence-electron chi connectivity index (χ1n) is 7.21. The molecule has 1 saturated heterocycles. The molecule has 1 aliphatic rings. The normalized spacial score (nSPS) is 16.4. The van der Waals surface area contributed by atoms with Gasteiger partial charge in [0.2, 0.25) is 0 Å². The monoisotopic (exact) mass is 387 g/mol. The van der Waals surface area contributed by atoms with Crippen molar-refractivity contribution in [3.8, 4) is 0 Å². The lowest BCUT2D eigenvalue weighted by molar-refractivity contribution is -0.113. The first kappa shape index (κ1) is 16.0. The predicted octanol–water partition coefficient (Wildman–Crippen LogP) is 5.25. The maximum Gasteiger partial charge on any atom is 0.298 e. The Morgan fingerprint density at radius 1 is 1.13 bits per heavy atom. The van der Waals surface area contributed by atoms with E-state index in [1.54, 1.807) is 6.08 Å². The summed E-state index contributed by atoms with van der Waals surface area (Å²) >= 11 is 4.39. The van der Waals surface area contributed by atoms with Crippen LogP contribution in [0.1, 0.15) is 18.1 Å². The van der Waals surface area contributed by atoms with Gasteiger partial charge in [0.15, 0.2) is 0 Å². The summed E-state index contributed by atoms with van der Waals surface area (Å²) in [7, 11) is 0. The van der Waals surface area contributed by atoms with Crippen LogP contribution in [0.25, 0.3) is 6.08 Å². The molecule has 0 spiro atoms. The molecule has 5 heteroatoms. The second kappa shape index (κ2) is 6.72. The van der Waals surface area contributed by atoms with Gasteiger partial charge >= 0.3 is 0 Å². The number of para-hydroxylation sites is 1. The Morgan fingerprint density at radius 3 is 2.65 bits per heavy atom.